The zero-order chi connectivity index (χ0) is 14.5. The minimum Gasteiger partial charge on any atom is -0.491 e. The van der Waals surface area contributed by atoms with Gasteiger partial charge in [-0.05, 0) is 45.4 Å². The number of halogens is 2. The van der Waals surface area contributed by atoms with Crippen LogP contribution >= 0.6 is 28.3 Å². The quantitative estimate of drug-likeness (QED) is 0.843. The molecule has 1 unspecified atom stereocenters. The number of amides is 1. The SMILES string of the molecule is CC(C)Oc1cc(Br)cc(NC(=O)C2CCCNC2)c1.Cl. The normalized spacial score (nSPS) is 18.0. The van der Waals surface area contributed by atoms with Crippen molar-refractivity contribution in [2.75, 3.05) is 18.4 Å². The first kappa shape index (κ1) is 18.3. The zero-order valence-corrected chi connectivity index (χ0v) is 14.7. The van der Waals surface area contributed by atoms with Crippen LogP contribution in [-0.2, 0) is 4.79 Å². The van der Waals surface area contributed by atoms with Crippen molar-refractivity contribution in [3.05, 3.63) is 22.7 Å². The molecule has 1 aliphatic heterocycles. The molecule has 2 rings (SSSR count). The molecule has 0 bridgehead atoms. The highest BCUT2D eigenvalue weighted by Gasteiger charge is 2.21. The average Bonchev–Trinajstić information content (AvgIpc) is 2.38. The van der Waals surface area contributed by atoms with Gasteiger partial charge in [0.1, 0.15) is 5.75 Å². The molecule has 0 aromatic heterocycles. The van der Waals surface area contributed by atoms with Crippen molar-refractivity contribution >= 4 is 39.9 Å². The molecule has 0 saturated carbocycles. The number of carbonyl (C=O) groups excluding carboxylic acids is 1. The van der Waals surface area contributed by atoms with Crippen LogP contribution in [0.5, 0.6) is 5.75 Å². The van der Waals surface area contributed by atoms with E-state index in [1.807, 2.05) is 32.0 Å². The number of benzene rings is 1. The Morgan fingerprint density at radius 2 is 2.19 bits per heavy atom. The maximum atomic E-state index is 12.2. The molecule has 1 aliphatic rings. The zero-order valence-electron chi connectivity index (χ0n) is 12.3. The molecule has 0 spiro atoms. The van der Waals surface area contributed by atoms with Gasteiger partial charge in [-0.2, -0.15) is 0 Å². The number of ether oxygens (including phenoxy) is 1. The Morgan fingerprint density at radius 3 is 2.81 bits per heavy atom. The Balaban J connectivity index is 0.00000220. The van der Waals surface area contributed by atoms with Gasteiger partial charge in [-0.3, -0.25) is 4.79 Å². The van der Waals surface area contributed by atoms with Crippen molar-refractivity contribution < 1.29 is 9.53 Å². The topological polar surface area (TPSA) is 50.4 Å². The van der Waals surface area contributed by atoms with Gasteiger partial charge in [-0.15, -0.1) is 12.4 Å². The predicted octanol–water partition coefficient (Wildman–Crippen LogP) is 3.60. The summed E-state index contributed by atoms with van der Waals surface area (Å²) in [5.41, 5.74) is 0.769. The molecule has 1 aromatic rings. The van der Waals surface area contributed by atoms with Crippen LogP contribution in [0.4, 0.5) is 5.69 Å². The number of anilines is 1. The summed E-state index contributed by atoms with van der Waals surface area (Å²) < 4.78 is 6.57. The van der Waals surface area contributed by atoms with E-state index in [2.05, 4.69) is 26.6 Å². The summed E-state index contributed by atoms with van der Waals surface area (Å²) in [4.78, 5) is 12.2. The molecule has 6 heteroatoms. The van der Waals surface area contributed by atoms with Gasteiger partial charge >= 0.3 is 0 Å². The summed E-state index contributed by atoms with van der Waals surface area (Å²) in [5.74, 6) is 0.884. The fourth-order valence-electron chi connectivity index (χ4n) is 2.30. The lowest BCUT2D eigenvalue weighted by atomic mass is 9.99. The van der Waals surface area contributed by atoms with Crippen molar-refractivity contribution in [1.82, 2.24) is 5.32 Å². The molecule has 1 saturated heterocycles. The van der Waals surface area contributed by atoms with E-state index in [4.69, 9.17) is 4.74 Å². The highest BCUT2D eigenvalue weighted by Crippen LogP contribution is 2.26. The average molecular weight is 378 g/mol. The van der Waals surface area contributed by atoms with Crippen molar-refractivity contribution in [2.45, 2.75) is 32.8 Å². The van der Waals surface area contributed by atoms with E-state index >= 15 is 0 Å². The Hall–Kier alpha value is -0.780. The van der Waals surface area contributed by atoms with Crippen LogP contribution < -0.4 is 15.4 Å². The van der Waals surface area contributed by atoms with Gasteiger partial charge in [-0.25, -0.2) is 0 Å². The fraction of sp³-hybridized carbons (Fsp3) is 0.533. The van der Waals surface area contributed by atoms with Gasteiger partial charge in [0.2, 0.25) is 5.91 Å². The smallest absolute Gasteiger partial charge is 0.228 e. The summed E-state index contributed by atoms with van der Waals surface area (Å²) in [6.45, 7) is 5.72. The van der Waals surface area contributed by atoms with E-state index in [0.29, 0.717) is 0 Å². The predicted molar refractivity (Wildman–Crippen MR) is 91.4 cm³/mol. The molecule has 1 aromatic carbocycles. The molecule has 2 N–H and O–H groups in total. The molecule has 1 atom stereocenters. The lowest BCUT2D eigenvalue weighted by Gasteiger charge is -2.22. The van der Waals surface area contributed by atoms with Crippen LogP contribution in [0, 0.1) is 5.92 Å². The maximum Gasteiger partial charge on any atom is 0.228 e. The Bertz CT molecular complexity index is 477. The lowest BCUT2D eigenvalue weighted by molar-refractivity contribution is -0.120. The van der Waals surface area contributed by atoms with Crippen LogP contribution in [0.1, 0.15) is 26.7 Å². The van der Waals surface area contributed by atoms with Gasteiger partial charge in [0, 0.05) is 22.8 Å². The summed E-state index contributed by atoms with van der Waals surface area (Å²) in [7, 11) is 0. The van der Waals surface area contributed by atoms with Gasteiger partial charge in [-0.1, -0.05) is 15.9 Å². The number of carbonyl (C=O) groups is 1. The Morgan fingerprint density at radius 1 is 1.43 bits per heavy atom. The first-order valence-electron chi connectivity index (χ1n) is 7.03. The standard InChI is InChI=1S/C15H21BrN2O2.ClH/c1-10(2)20-14-7-12(16)6-13(8-14)18-15(19)11-4-3-5-17-9-11;/h6-8,10-11,17H,3-5,9H2,1-2H3,(H,18,19);1H. The van der Waals surface area contributed by atoms with E-state index in [9.17, 15) is 4.79 Å². The Labute approximate surface area is 140 Å². The number of hydrogen-bond donors (Lipinski definition) is 2. The van der Waals surface area contributed by atoms with Gasteiger partial charge < -0.3 is 15.4 Å². The van der Waals surface area contributed by atoms with Crippen molar-refractivity contribution in [3.8, 4) is 5.75 Å². The first-order valence-corrected chi connectivity index (χ1v) is 7.82. The molecule has 118 valence electrons. The van der Waals surface area contributed by atoms with E-state index in [1.165, 1.54) is 0 Å². The van der Waals surface area contributed by atoms with Gasteiger partial charge in [0.05, 0.1) is 12.0 Å². The monoisotopic (exact) mass is 376 g/mol. The fourth-order valence-corrected chi connectivity index (χ4v) is 2.77. The van der Waals surface area contributed by atoms with Gasteiger partial charge in [0.25, 0.3) is 0 Å². The molecular formula is C15H22BrClN2O2. The molecule has 0 aliphatic carbocycles. The largest absolute Gasteiger partial charge is 0.491 e. The van der Waals surface area contributed by atoms with E-state index in [1.54, 1.807) is 0 Å². The summed E-state index contributed by atoms with van der Waals surface area (Å²) in [5, 5.41) is 6.23. The van der Waals surface area contributed by atoms with Crippen molar-refractivity contribution in [1.29, 1.82) is 0 Å². The maximum absolute atomic E-state index is 12.2. The summed E-state index contributed by atoms with van der Waals surface area (Å²) >= 11 is 3.45. The molecule has 21 heavy (non-hydrogen) atoms. The van der Waals surface area contributed by atoms with Crippen LogP contribution in [0.3, 0.4) is 0 Å². The van der Waals surface area contributed by atoms with Crippen LogP contribution in [0.2, 0.25) is 0 Å². The number of rotatable bonds is 4. The summed E-state index contributed by atoms with van der Waals surface area (Å²) in [6.07, 6.45) is 2.11. The molecule has 1 heterocycles. The third-order valence-electron chi connectivity index (χ3n) is 3.18. The number of nitrogens with one attached hydrogen (secondary N) is 2. The minimum atomic E-state index is 0. The first-order chi connectivity index (χ1) is 9.54. The molecule has 0 radical (unpaired) electrons. The number of hydrogen-bond acceptors (Lipinski definition) is 3. The van der Waals surface area contributed by atoms with Crippen molar-refractivity contribution in [2.24, 2.45) is 5.92 Å². The van der Waals surface area contributed by atoms with E-state index in [0.717, 1.165) is 41.8 Å². The van der Waals surface area contributed by atoms with E-state index in [-0.39, 0.29) is 30.3 Å². The third kappa shape index (κ3) is 5.85. The third-order valence-corrected chi connectivity index (χ3v) is 3.64. The van der Waals surface area contributed by atoms with Crippen LogP contribution in [0.15, 0.2) is 22.7 Å². The second-order valence-electron chi connectivity index (χ2n) is 5.37. The minimum absolute atomic E-state index is 0. The Kier molecular flexibility index (Phi) is 7.49. The molecule has 4 nitrogen and oxygen atoms in total. The highest BCUT2D eigenvalue weighted by molar-refractivity contribution is 9.10. The summed E-state index contributed by atoms with van der Waals surface area (Å²) in [6, 6.07) is 5.65. The van der Waals surface area contributed by atoms with Gasteiger partial charge in [0.15, 0.2) is 0 Å². The highest BCUT2D eigenvalue weighted by atomic mass is 79.9. The lowest BCUT2D eigenvalue weighted by Crippen LogP contribution is -2.37. The van der Waals surface area contributed by atoms with Crippen LogP contribution in [-0.4, -0.2) is 25.1 Å². The molecule has 1 amide bonds. The van der Waals surface area contributed by atoms with E-state index < -0.39 is 0 Å². The van der Waals surface area contributed by atoms with Crippen LogP contribution in [0.25, 0.3) is 0 Å². The number of piperidine rings is 1. The van der Waals surface area contributed by atoms with Crippen molar-refractivity contribution in [3.63, 3.8) is 0 Å². The second kappa shape index (κ2) is 8.61. The second-order valence-corrected chi connectivity index (χ2v) is 6.29. The molecular weight excluding hydrogens is 356 g/mol. The molecule has 1 fully saturated rings.